The van der Waals surface area contributed by atoms with Gasteiger partial charge in [-0.05, 0) is 36.8 Å². The Bertz CT molecular complexity index is 643. The fourth-order valence-corrected chi connectivity index (χ4v) is 1.77. The second-order valence-electron chi connectivity index (χ2n) is 4.12. The number of para-hydroxylation sites is 1. The van der Waals surface area contributed by atoms with Crippen molar-refractivity contribution in [2.24, 2.45) is 0 Å². The first-order chi connectivity index (χ1) is 8.99. The lowest BCUT2D eigenvalue weighted by atomic mass is 10.1. The van der Waals surface area contributed by atoms with Crippen molar-refractivity contribution in [2.45, 2.75) is 6.92 Å². The van der Waals surface area contributed by atoms with Crippen LogP contribution in [0.2, 0.25) is 5.02 Å². The van der Waals surface area contributed by atoms with E-state index in [1.807, 2.05) is 13.0 Å². The Morgan fingerprint density at radius 1 is 1.32 bits per heavy atom. The van der Waals surface area contributed by atoms with Gasteiger partial charge in [0.1, 0.15) is 5.82 Å². The highest BCUT2D eigenvalue weighted by Crippen LogP contribution is 2.21. The summed E-state index contributed by atoms with van der Waals surface area (Å²) in [4.78, 5) is 12.0. The Kier molecular flexibility index (Phi) is 3.71. The van der Waals surface area contributed by atoms with Crippen molar-refractivity contribution in [2.75, 3.05) is 11.1 Å². The van der Waals surface area contributed by atoms with Gasteiger partial charge in [0, 0.05) is 11.4 Å². The number of nitrogens with two attached hydrogens (primary N) is 1. The molecule has 0 unspecified atom stereocenters. The molecule has 98 valence electrons. The first-order valence-electron chi connectivity index (χ1n) is 5.60. The minimum Gasteiger partial charge on any atom is -0.398 e. The number of hydrogen-bond acceptors (Lipinski definition) is 2. The lowest BCUT2D eigenvalue weighted by Gasteiger charge is -2.09. The van der Waals surface area contributed by atoms with Crippen LogP contribution in [0.25, 0.3) is 0 Å². The van der Waals surface area contributed by atoms with E-state index in [1.54, 1.807) is 12.1 Å². The zero-order chi connectivity index (χ0) is 14.0. The summed E-state index contributed by atoms with van der Waals surface area (Å²) >= 11 is 5.57. The van der Waals surface area contributed by atoms with Crippen molar-refractivity contribution >= 4 is 28.9 Å². The van der Waals surface area contributed by atoms with Crippen LogP contribution in [0.15, 0.2) is 36.4 Å². The number of carbonyl (C=O) groups is 1. The summed E-state index contributed by atoms with van der Waals surface area (Å²) in [6.45, 7) is 1.81. The number of aryl methyl sites for hydroxylation is 1. The second kappa shape index (κ2) is 5.28. The molecule has 0 aliphatic heterocycles. The monoisotopic (exact) mass is 278 g/mol. The summed E-state index contributed by atoms with van der Waals surface area (Å²) in [5.74, 6) is -0.973. The van der Waals surface area contributed by atoms with Crippen LogP contribution in [0, 0.1) is 12.7 Å². The molecular weight excluding hydrogens is 267 g/mol. The van der Waals surface area contributed by atoms with Gasteiger partial charge < -0.3 is 11.1 Å². The van der Waals surface area contributed by atoms with Crippen LogP contribution in [0.1, 0.15) is 15.9 Å². The summed E-state index contributed by atoms with van der Waals surface area (Å²) in [5, 5.41) is 2.58. The van der Waals surface area contributed by atoms with Crippen LogP contribution in [0.4, 0.5) is 15.8 Å². The molecule has 2 aromatic rings. The third kappa shape index (κ3) is 2.85. The summed E-state index contributed by atoms with van der Waals surface area (Å²) in [6.07, 6.45) is 0. The molecular formula is C14H12ClFN2O. The fraction of sp³-hybridized carbons (Fsp3) is 0.0714. The van der Waals surface area contributed by atoms with Gasteiger partial charge >= 0.3 is 0 Å². The van der Waals surface area contributed by atoms with E-state index in [-0.39, 0.29) is 10.9 Å². The SMILES string of the molecule is Cc1cccc(C(=O)Nc2ccc(Cl)c(F)c2)c1N. The topological polar surface area (TPSA) is 55.1 Å². The molecule has 0 spiro atoms. The zero-order valence-corrected chi connectivity index (χ0v) is 11.0. The molecule has 1 amide bonds. The number of rotatable bonds is 2. The molecule has 0 bridgehead atoms. The number of amides is 1. The number of anilines is 2. The predicted molar refractivity (Wildman–Crippen MR) is 75.0 cm³/mol. The van der Waals surface area contributed by atoms with Gasteiger partial charge in [-0.15, -0.1) is 0 Å². The average molecular weight is 279 g/mol. The number of benzene rings is 2. The molecule has 2 aromatic carbocycles. The molecule has 0 aliphatic rings. The van der Waals surface area contributed by atoms with Gasteiger partial charge in [0.2, 0.25) is 0 Å². The zero-order valence-electron chi connectivity index (χ0n) is 10.2. The Labute approximate surface area is 115 Å². The molecule has 19 heavy (non-hydrogen) atoms. The van der Waals surface area contributed by atoms with Gasteiger partial charge in [-0.2, -0.15) is 0 Å². The van der Waals surface area contributed by atoms with Gasteiger partial charge in [0.15, 0.2) is 0 Å². The maximum Gasteiger partial charge on any atom is 0.257 e. The van der Waals surface area contributed by atoms with E-state index >= 15 is 0 Å². The maximum absolute atomic E-state index is 13.3. The highest BCUT2D eigenvalue weighted by Gasteiger charge is 2.11. The molecule has 0 aromatic heterocycles. The standard InChI is InChI=1S/C14H12ClFN2O/c1-8-3-2-4-10(13(8)17)14(19)18-9-5-6-11(15)12(16)7-9/h2-7H,17H2,1H3,(H,18,19). The molecule has 0 saturated carbocycles. The Hall–Kier alpha value is -2.07. The molecule has 0 aliphatic carbocycles. The number of carbonyl (C=O) groups excluding carboxylic acids is 1. The van der Waals surface area contributed by atoms with Crippen molar-refractivity contribution in [3.8, 4) is 0 Å². The lowest BCUT2D eigenvalue weighted by molar-refractivity contribution is 0.102. The van der Waals surface area contributed by atoms with Gasteiger partial charge in [-0.25, -0.2) is 4.39 Å². The molecule has 0 radical (unpaired) electrons. The van der Waals surface area contributed by atoms with Gasteiger partial charge in [-0.3, -0.25) is 4.79 Å². The van der Waals surface area contributed by atoms with Crippen molar-refractivity contribution < 1.29 is 9.18 Å². The Morgan fingerprint density at radius 3 is 2.74 bits per heavy atom. The van der Waals surface area contributed by atoms with E-state index in [2.05, 4.69) is 5.32 Å². The van der Waals surface area contributed by atoms with Crippen molar-refractivity contribution in [3.63, 3.8) is 0 Å². The summed E-state index contributed by atoms with van der Waals surface area (Å²) in [6, 6.07) is 9.23. The van der Waals surface area contributed by atoms with Crippen LogP contribution in [-0.4, -0.2) is 5.91 Å². The third-order valence-electron chi connectivity index (χ3n) is 2.75. The normalized spacial score (nSPS) is 10.3. The van der Waals surface area contributed by atoms with E-state index in [1.165, 1.54) is 12.1 Å². The molecule has 0 fully saturated rings. The van der Waals surface area contributed by atoms with E-state index in [0.717, 1.165) is 11.6 Å². The molecule has 3 N–H and O–H groups in total. The predicted octanol–water partition coefficient (Wildman–Crippen LogP) is 3.62. The molecule has 0 saturated heterocycles. The third-order valence-corrected chi connectivity index (χ3v) is 3.05. The van der Waals surface area contributed by atoms with Crippen LogP contribution in [0.5, 0.6) is 0 Å². The second-order valence-corrected chi connectivity index (χ2v) is 4.53. The summed E-state index contributed by atoms with van der Waals surface area (Å²) in [7, 11) is 0. The first-order valence-corrected chi connectivity index (χ1v) is 5.98. The van der Waals surface area contributed by atoms with Crippen molar-refractivity contribution in [3.05, 3.63) is 58.4 Å². The van der Waals surface area contributed by atoms with Gasteiger partial charge in [-0.1, -0.05) is 23.7 Å². The average Bonchev–Trinajstić information content (AvgIpc) is 2.37. The minimum absolute atomic E-state index is 0.00747. The number of hydrogen-bond donors (Lipinski definition) is 2. The number of halogens is 2. The van der Waals surface area contributed by atoms with E-state index in [4.69, 9.17) is 17.3 Å². The lowest BCUT2D eigenvalue weighted by Crippen LogP contribution is -2.14. The van der Waals surface area contributed by atoms with E-state index < -0.39 is 5.82 Å². The van der Waals surface area contributed by atoms with Gasteiger partial charge in [0.05, 0.1) is 10.6 Å². The molecule has 5 heteroatoms. The van der Waals surface area contributed by atoms with E-state index in [9.17, 15) is 9.18 Å². The smallest absolute Gasteiger partial charge is 0.257 e. The molecule has 0 atom stereocenters. The van der Waals surface area contributed by atoms with Crippen LogP contribution in [0.3, 0.4) is 0 Å². The van der Waals surface area contributed by atoms with E-state index in [0.29, 0.717) is 16.9 Å². The number of nitrogen functional groups attached to an aromatic ring is 1. The summed E-state index contributed by atoms with van der Waals surface area (Å²) < 4.78 is 13.3. The molecule has 3 nitrogen and oxygen atoms in total. The minimum atomic E-state index is -0.586. The van der Waals surface area contributed by atoms with Crippen molar-refractivity contribution in [1.82, 2.24) is 0 Å². The maximum atomic E-state index is 13.3. The number of nitrogens with one attached hydrogen (secondary N) is 1. The van der Waals surface area contributed by atoms with Crippen LogP contribution in [-0.2, 0) is 0 Å². The quantitative estimate of drug-likeness (QED) is 0.824. The van der Waals surface area contributed by atoms with Crippen LogP contribution < -0.4 is 11.1 Å². The molecule has 0 heterocycles. The van der Waals surface area contributed by atoms with Crippen LogP contribution >= 0.6 is 11.6 Å². The Balaban J connectivity index is 2.26. The van der Waals surface area contributed by atoms with Gasteiger partial charge in [0.25, 0.3) is 5.91 Å². The highest BCUT2D eigenvalue weighted by molar-refractivity contribution is 6.30. The highest BCUT2D eigenvalue weighted by atomic mass is 35.5. The Morgan fingerprint density at radius 2 is 2.05 bits per heavy atom. The van der Waals surface area contributed by atoms with Crippen molar-refractivity contribution in [1.29, 1.82) is 0 Å². The fourth-order valence-electron chi connectivity index (χ4n) is 1.65. The molecule has 2 rings (SSSR count). The largest absolute Gasteiger partial charge is 0.398 e. The summed E-state index contributed by atoms with van der Waals surface area (Å²) in [5.41, 5.74) is 7.74. The first kappa shape index (κ1) is 13.4.